The van der Waals surface area contributed by atoms with Crippen molar-refractivity contribution in [3.63, 3.8) is 0 Å². The molecule has 2 saturated heterocycles. The van der Waals surface area contributed by atoms with E-state index in [1.54, 1.807) is 48.4 Å². The van der Waals surface area contributed by atoms with Crippen LogP contribution in [0.4, 0.5) is 11.4 Å². The molecule has 3 amide bonds. The van der Waals surface area contributed by atoms with Gasteiger partial charge < -0.3 is 71.6 Å². The second-order valence-corrected chi connectivity index (χ2v) is 19.1. The van der Waals surface area contributed by atoms with Crippen molar-refractivity contribution in [3.8, 4) is 28.7 Å². The van der Waals surface area contributed by atoms with Crippen molar-refractivity contribution in [2.75, 3.05) is 127 Å². The molecule has 1 aromatic heterocycles. The molecule has 428 valence electrons. The Balaban J connectivity index is 0.940. The molecule has 0 saturated carbocycles. The van der Waals surface area contributed by atoms with Gasteiger partial charge in [0.1, 0.15) is 31.4 Å². The lowest BCUT2D eigenvalue weighted by molar-refractivity contribution is -0.133. The molecule has 0 bridgehead atoms. The molecule has 4 aliphatic heterocycles. The summed E-state index contributed by atoms with van der Waals surface area (Å²) in [6.45, 7) is 11.6. The highest BCUT2D eigenvalue weighted by atomic mass is 16.6. The zero-order valence-electron chi connectivity index (χ0n) is 46.5. The maximum Gasteiger partial charge on any atom is 0.257 e. The summed E-state index contributed by atoms with van der Waals surface area (Å²) in [7, 11) is 4.66. The third-order valence-corrected chi connectivity index (χ3v) is 13.6. The predicted molar refractivity (Wildman–Crippen MR) is 294 cm³/mol. The number of hydrogen-bond donors (Lipinski definition) is 0. The summed E-state index contributed by atoms with van der Waals surface area (Å²) in [5, 5.41) is 0. The van der Waals surface area contributed by atoms with Crippen molar-refractivity contribution in [3.05, 3.63) is 82.2 Å². The van der Waals surface area contributed by atoms with Gasteiger partial charge in [0.15, 0.2) is 23.0 Å². The van der Waals surface area contributed by atoms with Crippen LogP contribution in [-0.2, 0) is 51.2 Å². The molecule has 0 radical (unpaired) electrons. The first-order valence-corrected chi connectivity index (χ1v) is 27.0. The molecule has 21 heteroatoms. The van der Waals surface area contributed by atoms with Gasteiger partial charge in [-0.2, -0.15) is 0 Å². The lowest BCUT2D eigenvalue weighted by atomic mass is 10.1. The van der Waals surface area contributed by atoms with Gasteiger partial charge in [-0.3, -0.25) is 29.4 Å². The molecule has 0 spiro atoms. The first-order chi connectivity index (χ1) is 38.5. The van der Waals surface area contributed by atoms with Crippen LogP contribution in [-0.4, -0.2) is 194 Å². The number of hydrogen-bond acceptors (Lipinski definition) is 18. The quantitative estimate of drug-likeness (QED) is 0.0449. The summed E-state index contributed by atoms with van der Waals surface area (Å²) in [5.41, 5.74) is 5.21. The number of methoxy groups -OCH3 is 3. The third kappa shape index (κ3) is 17.4. The Hall–Kier alpha value is -6.75. The Morgan fingerprint density at radius 3 is 1.54 bits per heavy atom. The molecule has 2 fully saturated rings. The number of carbonyl (C=O) groups excluding carboxylic acids is 4. The van der Waals surface area contributed by atoms with E-state index in [-0.39, 0.29) is 94.9 Å². The molecule has 7 rings (SSSR count). The molecular weight excluding hydrogens is 1020 g/mol. The molecule has 2 aromatic carbocycles. The molecule has 3 aromatic rings. The van der Waals surface area contributed by atoms with Crippen LogP contribution in [0.3, 0.4) is 0 Å². The first kappa shape index (κ1) is 59.9. The van der Waals surface area contributed by atoms with E-state index < -0.39 is 0 Å². The number of ether oxygens (including phenoxy) is 11. The van der Waals surface area contributed by atoms with Crippen LogP contribution in [0.1, 0.15) is 85.0 Å². The standard InChI is InChI=1S/C58H76N6O15/c1-7-41-26-45-34-59-50-32-54(52(70-5)30-48(50)57(67)63(45)36-41)78-38-43-28-47(29-44(61-43)39-79-55-33-51-49(31-53(55)71-6)58(68)64-37-42(8-2)27-46(64)35-60-51)77-25-24-76-21-19-73-15-13-62(12-9-10-40(3)65)56(66)11-14-72-18-20-75-23-22-74-17-16-69-4/h7-8,28-35,45-46H,9-27,36-39H2,1-6H3/b41-7+,42-8+/t45-,46-/m0/s1. The van der Waals surface area contributed by atoms with Gasteiger partial charge in [-0.1, -0.05) is 23.3 Å². The molecule has 0 aliphatic carbocycles. The fourth-order valence-corrected chi connectivity index (χ4v) is 9.28. The maximum atomic E-state index is 13.7. The summed E-state index contributed by atoms with van der Waals surface area (Å²) in [6.07, 6.45) is 10.3. The number of aromatic nitrogens is 1. The molecular formula is C58H76N6O15. The van der Waals surface area contributed by atoms with Crippen molar-refractivity contribution in [1.29, 1.82) is 0 Å². The van der Waals surface area contributed by atoms with Crippen molar-refractivity contribution >= 4 is 47.3 Å². The number of aliphatic imine (C=N–C) groups is 2. The highest BCUT2D eigenvalue weighted by molar-refractivity contribution is 6.05. The van der Waals surface area contributed by atoms with Gasteiger partial charge >= 0.3 is 0 Å². The number of pyridine rings is 1. The van der Waals surface area contributed by atoms with Crippen molar-refractivity contribution in [1.82, 2.24) is 19.7 Å². The van der Waals surface area contributed by atoms with E-state index in [4.69, 9.17) is 67.1 Å². The monoisotopic (exact) mass is 1100 g/mol. The molecule has 5 heterocycles. The normalized spacial score (nSPS) is 17.3. The Morgan fingerprint density at radius 1 is 0.582 bits per heavy atom. The minimum absolute atomic E-state index is 0.00804. The molecule has 2 atom stereocenters. The highest BCUT2D eigenvalue weighted by Crippen LogP contribution is 2.41. The number of Topliss-reactive ketones (excluding diaryl/α,β-unsaturated/α-hetero) is 1. The molecule has 21 nitrogen and oxygen atoms in total. The lowest BCUT2D eigenvalue weighted by Crippen LogP contribution is -2.36. The van der Waals surface area contributed by atoms with Gasteiger partial charge in [0.2, 0.25) is 5.91 Å². The van der Waals surface area contributed by atoms with Crippen molar-refractivity contribution in [2.24, 2.45) is 9.98 Å². The van der Waals surface area contributed by atoms with Crippen LogP contribution in [0, 0.1) is 0 Å². The number of benzene rings is 2. The van der Waals surface area contributed by atoms with Gasteiger partial charge in [-0.25, -0.2) is 0 Å². The number of fused-ring (bicyclic) bond motifs is 4. The summed E-state index contributed by atoms with van der Waals surface area (Å²) in [4.78, 5) is 71.9. The van der Waals surface area contributed by atoms with E-state index in [0.29, 0.717) is 141 Å². The topological polar surface area (TPSA) is 217 Å². The van der Waals surface area contributed by atoms with E-state index in [2.05, 4.69) is 0 Å². The predicted octanol–water partition coefficient (Wildman–Crippen LogP) is 6.71. The Kier molecular flexibility index (Phi) is 23.6. The van der Waals surface area contributed by atoms with Crippen LogP contribution in [0.15, 0.2) is 69.7 Å². The van der Waals surface area contributed by atoms with Crippen LogP contribution in [0.2, 0.25) is 0 Å². The van der Waals surface area contributed by atoms with Crippen molar-refractivity contribution < 1.29 is 71.3 Å². The van der Waals surface area contributed by atoms with Gasteiger partial charge in [0.25, 0.3) is 11.8 Å². The average Bonchev–Trinajstić information content (AvgIpc) is 4.28. The van der Waals surface area contributed by atoms with Crippen LogP contribution < -0.4 is 23.7 Å². The number of rotatable bonds is 34. The van der Waals surface area contributed by atoms with E-state index in [1.807, 2.05) is 48.2 Å². The van der Waals surface area contributed by atoms with Gasteiger partial charge in [0, 0.05) is 76.4 Å². The van der Waals surface area contributed by atoms with Crippen LogP contribution >= 0.6 is 0 Å². The Labute approximate surface area is 462 Å². The molecule has 79 heavy (non-hydrogen) atoms. The summed E-state index contributed by atoms with van der Waals surface area (Å²) in [6, 6.07) is 10.0. The fourth-order valence-electron chi connectivity index (χ4n) is 9.28. The minimum Gasteiger partial charge on any atom is -0.493 e. The van der Waals surface area contributed by atoms with Gasteiger partial charge in [-0.05, 0) is 52.2 Å². The van der Waals surface area contributed by atoms with E-state index in [0.717, 1.165) is 12.8 Å². The highest BCUT2D eigenvalue weighted by Gasteiger charge is 2.36. The minimum atomic E-state index is -0.133. The number of ketones is 1. The van der Waals surface area contributed by atoms with E-state index in [9.17, 15) is 19.2 Å². The second-order valence-electron chi connectivity index (χ2n) is 19.1. The number of allylic oxidation sites excluding steroid dienone is 2. The largest absolute Gasteiger partial charge is 0.493 e. The summed E-state index contributed by atoms with van der Waals surface area (Å²) in [5.74, 6) is 1.72. The summed E-state index contributed by atoms with van der Waals surface area (Å²) >= 11 is 0. The molecule has 0 N–H and O–H groups in total. The first-order valence-electron chi connectivity index (χ1n) is 27.0. The van der Waals surface area contributed by atoms with Gasteiger partial charge in [0.05, 0.1) is 139 Å². The fraction of sp³-hybridized carbons (Fsp3) is 0.534. The molecule has 4 aliphatic rings. The maximum absolute atomic E-state index is 13.7. The van der Waals surface area contributed by atoms with Crippen LogP contribution in [0.5, 0.6) is 28.7 Å². The Morgan fingerprint density at radius 2 is 1.06 bits per heavy atom. The van der Waals surface area contributed by atoms with E-state index >= 15 is 0 Å². The van der Waals surface area contributed by atoms with E-state index in [1.165, 1.54) is 32.3 Å². The number of carbonyl (C=O) groups is 4. The molecule has 0 unspecified atom stereocenters. The average molecular weight is 1100 g/mol. The number of amides is 3. The van der Waals surface area contributed by atoms with Crippen LogP contribution in [0.25, 0.3) is 0 Å². The van der Waals surface area contributed by atoms with Crippen molar-refractivity contribution in [2.45, 2.75) is 78.2 Å². The zero-order chi connectivity index (χ0) is 55.9. The Bertz CT molecular complexity index is 2540. The second kappa shape index (κ2) is 31.1. The lowest BCUT2D eigenvalue weighted by Gasteiger charge is -2.22. The SMILES string of the molecule is C/C=C1\C[C@H]2C=Nc3cc(OCc4cc(OCCOCCOCCN(CCCC(C)=O)C(=O)CCOCCOCCOCCOC)cc(COc5cc6c(cc5OC)C(=O)N5C/C(=C/C)C[C@H]5C=N6)n4)c(OC)cc3C(=O)N2C1. The summed E-state index contributed by atoms with van der Waals surface area (Å²) < 4.78 is 63.5. The zero-order valence-corrected chi connectivity index (χ0v) is 46.5. The third-order valence-electron chi connectivity index (χ3n) is 13.6. The smallest absolute Gasteiger partial charge is 0.257 e. The number of nitrogens with zero attached hydrogens (tertiary/aromatic N) is 6. The van der Waals surface area contributed by atoms with Gasteiger partial charge in [-0.15, -0.1) is 0 Å².